The Bertz CT molecular complexity index is 716. The minimum Gasteiger partial charge on any atom is -0.298 e. The molecular formula is C20H25ClN2O2. The zero-order valence-electron chi connectivity index (χ0n) is 15.2. The van der Waals surface area contributed by atoms with Gasteiger partial charge in [0.15, 0.2) is 0 Å². The third-order valence-corrected chi connectivity index (χ3v) is 4.65. The molecule has 0 saturated carbocycles. The third-order valence-electron chi connectivity index (χ3n) is 4.40. The molecule has 1 aromatic carbocycles. The average molecular weight is 361 g/mol. The molecule has 1 amide bonds. The Hall–Kier alpha value is -2.07. The van der Waals surface area contributed by atoms with Gasteiger partial charge in [0, 0.05) is 10.7 Å². The van der Waals surface area contributed by atoms with Crippen molar-refractivity contribution in [1.82, 2.24) is 0 Å². The van der Waals surface area contributed by atoms with Crippen molar-refractivity contribution in [2.75, 3.05) is 5.32 Å². The standard InChI is InChI=1S/C20H25ClN2O2/c1-14-6-5-13-20(3,4)18(14)12-7-15(2)23-25-19(24)22-17-10-8-16(21)9-11-17/h7-12H,5-6,13H2,1-4H3,(H,22,24)/b12-7+,23-15+. The summed E-state index contributed by atoms with van der Waals surface area (Å²) < 4.78 is 0. The molecule has 0 bridgehead atoms. The number of halogens is 1. The molecule has 25 heavy (non-hydrogen) atoms. The number of oxime groups is 1. The van der Waals surface area contributed by atoms with E-state index < -0.39 is 6.09 Å². The van der Waals surface area contributed by atoms with Crippen molar-refractivity contribution in [2.45, 2.75) is 47.0 Å². The highest BCUT2D eigenvalue weighted by atomic mass is 35.5. The first kappa shape index (κ1) is 19.3. The molecule has 134 valence electrons. The third kappa shape index (κ3) is 5.75. The summed E-state index contributed by atoms with van der Waals surface area (Å²) >= 11 is 5.80. The number of allylic oxidation sites excluding steroid dienone is 4. The molecule has 0 heterocycles. The van der Waals surface area contributed by atoms with Gasteiger partial charge in [-0.15, -0.1) is 0 Å². The number of anilines is 1. The van der Waals surface area contributed by atoms with E-state index in [9.17, 15) is 4.79 Å². The van der Waals surface area contributed by atoms with E-state index in [1.165, 1.54) is 24.0 Å². The summed E-state index contributed by atoms with van der Waals surface area (Å²) in [6.45, 7) is 8.51. The summed E-state index contributed by atoms with van der Waals surface area (Å²) in [6.07, 6.45) is 6.90. The lowest BCUT2D eigenvalue weighted by atomic mass is 9.72. The zero-order chi connectivity index (χ0) is 18.4. The van der Waals surface area contributed by atoms with Crippen LogP contribution < -0.4 is 5.32 Å². The average Bonchev–Trinajstić information content (AvgIpc) is 2.54. The largest absolute Gasteiger partial charge is 0.437 e. The Kier molecular flexibility index (Phi) is 6.43. The maximum absolute atomic E-state index is 11.8. The van der Waals surface area contributed by atoms with E-state index in [1.807, 2.05) is 6.08 Å². The highest BCUT2D eigenvalue weighted by Crippen LogP contribution is 2.40. The van der Waals surface area contributed by atoms with Gasteiger partial charge in [0.25, 0.3) is 0 Å². The van der Waals surface area contributed by atoms with E-state index in [2.05, 4.69) is 37.3 Å². The minimum absolute atomic E-state index is 0.173. The van der Waals surface area contributed by atoms with Gasteiger partial charge in [-0.2, -0.15) is 0 Å². The second kappa shape index (κ2) is 8.34. The lowest BCUT2D eigenvalue weighted by Crippen LogP contribution is -2.19. The normalized spacial score (nSPS) is 17.7. The van der Waals surface area contributed by atoms with Crippen LogP contribution in [0.3, 0.4) is 0 Å². The lowest BCUT2D eigenvalue weighted by molar-refractivity contribution is 0.166. The number of hydrogen-bond acceptors (Lipinski definition) is 3. The Morgan fingerprint density at radius 3 is 2.64 bits per heavy atom. The molecule has 5 heteroatoms. The molecule has 4 nitrogen and oxygen atoms in total. The summed E-state index contributed by atoms with van der Waals surface area (Å²) in [7, 11) is 0. The fraction of sp³-hybridized carbons (Fsp3) is 0.400. The van der Waals surface area contributed by atoms with Gasteiger partial charge in [-0.3, -0.25) is 10.2 Å². The van der Waals surface area contributed by atoms with Gasteiger partial charge in [-0.1, -0.05) is 42.3 Å². The predicted molar refractivity (Wildman–Crippen MR) is 104 cm³/mol. The van der Waals surface area contributed by atoms with E-state index in [0.717, 1.165) is 6.42 Å². The highest BCUT2D eigenvalue weighted by molar-refractivity contribution is 6.30. The first-order valence-electron chi connectivity index (χ1n) is 8.44. The number of rotatable bonds is 4. The monoisotopic (exact) mass is 360 g/mol. The van der Waals surface area contributed by atoms with Crippen molar-refractivity contribution in [3.8, 4) is 0 Å². The Morgan fingerprint density at radius 1 is 1.32 bits per heavy atom. The van der Waals surface area contributed by atoms with E-state index in [0.29, 0.717) is 16.4 Å². The molecule has 0 radical (unpaired) electrons. The smallest absolute Gasteiger partial charge is 0.298 e. The maximum atomic E-state index is 11.8. The van der Waals surface area contributed by atoms with Crippen LogP contribution in [0.5, 0.6) is 0 Å². The van der Waals surface area contributed by atoms with E-state index in [1.54, 1.807) is 31.2 Å². The van der Waals surface area contributed by atoms with Crippen LogP contribution in [0.1, 0.15) is 47.0 Å². The molecule has 0 saturated heterocycles. The van der Waals surface area contributed by atoms with Crippen LogP contribution in [-0.4, -0.2) is 11.8 Å². The van der Waals surface area contributed by atoms with Crippen molar-refractivity contribution in [3.05, 3.63) is 52.6 Å². The lowest BCUT2D eigenvalue weighted by Gasteiger charge is -2.32. The van der Waals surface area contributed by atoms with Crippen molar-refractivity contribution in [3.63, 3.8) is 0 Å². The molecule has 1 N–H and O–H groups in total. The molecule has 0 fully saturated rings. The van der Waals surface area contributed by atoms with Gasteiger partial charge in [0.2, 0.25) is 0 Å². The summed E-state index contributed by atoms with van der Waals surface area (Å²) in [6, 6.07) is 6.77. The summed E-state index contributed by atoms with van der Waals surface area (Å²) in [4.78, 5) is 16.7. The van der Waals surface area contributed by atoms with Crippen molar-refractivity contribution < 1.29 is 9.63 Å². The molecule has 1 aromatic rings. The van der Waals surface area contributed by atoms with Gasteiger partial charge < -0.3 is 0 Å². The second-order valence-electron chi connectivity index (χ2n) is 7.01. The van der Waals surface area contributed by atoms with Gasteiger partial charge in [0.1, 0.15) is 0 Å². The van der Waals surface area contributed by atoms with Crippen LogP contribution in [0.15, 0.2) is 52.7 Å². The Morgan fingerprint density at radius 2 is 2.00 bits per heavy atom. The number of carbonyl (C=O) groups is 1. The first-order valence-corrected chi connectivity index (χ1v) is 8.82. The number of benzene rings is 1. The fourth-order valence-corrected chi connectivity index (χ4v) is 3.16. The predicted octanol–water partition coefficient (Wildman–Crippen LogP) is 6.35. The van der Waals surface area contributed by atoms with Gasteiger partial charge in [0.05, 0.1) is 5.71 Å². The highest BCUT2D eigenvalue weighted by Gasteiger charge is 2.26. The molecule has 0 aromatic heterocycles. The maximum Gasteiger partial charge on any atom is 0.437 e. The van der Waals surface area contributed by atoms with Crippen molar-refractivity contribution in [2.24, 2.45) is 10.6 Å². The topological polar surface area (TPSA) is 50.7 Å². The number of hydrogen-bond donors (Lipinski definition) is 1. The Labute approximate surface area is 154 Å². The molecule has 2 rings (SSSR count). The number of carbonyl (C=O) groups excluding carboxylic acids is 1. The first-order chi connectivity index (χ1) is 11.8. The quantitative estimate of drug-likeness (QED) is 0.386. The summed E-state index contributed by atoms with van der Waals surface area (Å²) in [5, 5.41) is 7.06. The number of nitrogens with one attached hydrogen (secondary N) is 1. The van der Waals surface area contributed by atoms with Crippen molar-refractivity contribution >= 4 is 29.1 Å². The van der Waals surface area contributed by atoms with Crippen LogP contribution in [0.25, 0.3) is 0 Å². The number of amides is 1. The van der Waals surface area contributed by atoms with E-state index in [-0.39, 0.29) is 5.41 Å². The van der Waals surface area contributed by atoms with Crippen LogP contribution in [0.4, 0.5) is 10.5 Å². The fourth-order valence-electron chi connectivity index (χ4n) is 3.03. The SMILES string of the molecule is CC1=C(/C=C/C(C)=N/OC(=O)Nc2ccc(Cl)cc2)C(C)(C)CCC1. The molecule has 0 atom stereocenters. The molecule has 1 aliphatic rings. The van der Waals surface area contributed by atoms with E-state index in [4.69, 9.17) is 16.4 Å². The Balaban J connectivity index is 1.94. The summed E-state index contributed by atoms with van der Waals surface area (Å²) in [5.41, 5.74) is 4.17. The van der Waals surface area contributed by atoms with Crippen LogP contribution >= 0.6 is 11.6 Å². The van der Waals surface area contributed by atoms with Gasteiger partial charge >= 0.3 is 6.09 Å². The van der Waals surface area contributed by atoms with Gasteiger partial charge in [-0.25, -0.2) is 4.79 Å². The van der Waals surface area contributed by atoms with Crippen LogP contribution in [0, 0.1) is 5.41 Å². The summed E-state index contributed by atoms with van der Waals surface area (Å²) in [5.74, 6) is 0. The number of nitrogens with zero attached hydrogens (tertiary/aromatic N) is 1. The molecule has 0 spiro atoms. The van der Waals surface area contributed by atoms with E-state index >= 15 is 0 Å². The minimum atomic E-state index is -0.636. The second-order valence-corrected chi connectivity index (χ2v) is 7.44. The molecule has 0 aliphatic heterocycles. The molecular weight excluding hydrogens is 336 g/mol. The van der Waals surface area contributed by atoms with Crippen molar-refractivity contribution in [1.29, 1.82) is 0 Å². The zero-order valence-corrected chi connectivity index (χ0v) is 16.0. The van der Waals surface area contributed by atoms with Crippen LogP contribution in [-0.2, 0) is 4.84 Å². The van der Waals surface area contributed by atoms with Gasteiger partial charge in [-0.05, 0) is 74.4 Å². The molecule has 0 unspecified atom stereocenters. The molecule has 1 aliphatic carbocycles. The van der Waals surface area contributed by atoms with Crippen LogP contribution in [0.2, 0.25) is 5.02 Å².